The predicted octanol–water partition coefficient (Wildman–Crippen LogP) is 6.29. The molecule has 0 aromatic heterocycles. The van der Waals surface area contributed by atoms with Gasteiger partial charge in [-0.2, -0.15) is 0 Å². The van der Waals surface area contributed by atoms with Gasteiger partial charge in [0, 0.05) is 22.8 Å². The van der Waals surface area contributed by atoms with E-state index in [0.29, 0.717) is 22.9 Å². The maximum absolute atomic E-state index is 12.8. The van der Waals surface area contributed by atoms with Crippen LogP contribution in [0.15, 0.2) is 60.7 Å². The van der Waals surface area contributed by atoms with Crippen molar-refractivity contribution < 1.29 is 9.59 Å². The molecule has 6 heteroatoms. The van der Waals surface area contributed by atoms with Gasteiger partial charge in [-0.15, -0.1) is 11.8 Å². The van der Waals surface area contributed by atoms with E-state index in [1.54, 1.807) is 11.8 Å². The third-order valence-corrected chi connectivity index (χ3v) is 7.12. The highest BCUT2D eigenvalue weighted by Crippen LogP contribution is 2.39. The van der Waals surface area contributed by atoms with Crippen LogP contribution in [0.1, 0.15) is 43.5 Å². The van der Waals surface area contributed by atoms with Crippen molar-refractivity contribution in [3.05, 3.63) is 99.1 Å². The average molecular weight is 465 g/mol. The summed E-state index contributed by atoms with van der Waals surface area (Å²) in [5, 5.41) is 3.65. The fourth-order valence-electron chi connectivity index (χ4n) is 4.05. The van der Waals surface area contributed by atoms with Crippen molar-refractivity contribution in [1.29, 1.82) is 0 Å². The van der Waals surface area contributed by atoms with E-state index in [1.165, 1.54) is 5.56 Å². The second-order valence-electron chi connectivity index (χ2n) is 8.16. The molecule has 32 heavy (non-hydrogen) atoms. The standard InChI is InChI=1S/C26H25ClN2O2S/c1-16-12-17(2)24(18(3)13-16)28-25(31)20-6-8-21(9-7-20)26-29(23(30)15-32-26)14-19-4-10-22(27)11-5-19/h4-13,26H,14-15H2,1-3H3,(H,28,31)/t26-/m0/s1. The third kappa shape index (κ3) is 4.84. The lowest BCUT2D eigenvalue weighted by Crippen LogP contribution is -2.27. The molecule has 1 saturated heterocycles. The molecule has 0 radical (unpaired) electrons. The Kier molecular flexibility index (Phi) is 6.58. The number of nitrogens with one attached hydrogen (secondary N) is 1. The topological polar surface area (TPSA) is 49.4 Å². The Bertz CT molecular complexity index is 1140. The predicted molar refractivity (Wildman–Crippen MR) is 132 cm³/mol. The molecule has 1 atom stereocenters. The number of rotatable bonds is 5. The molecule has 1 aliphatic rings. The minimum absolute atomic E-state index is 0.0723. The number of aryl methyl sites for hydroxylation is 3. The van der Waals surface area contributed by atoms with Crippen LogP contribution >= 0.6 is 23.4 Å². The number of halogens is 1. The molecule has 1 fully saturated rings. The first-order valence-electron chi connectivity index (χ1n) is 10.5. The van der Waals surface area contributed by atoms with E-state index in [0.717, 1.165) is 27.9 Å². The molecule has 0 spiro atoms. The fraction of sp³-hybridized carbons (Fsp3) is 0.231. The quantitative estimate of drug-likeness (QED) is 0.482. The smallest absolute Gasteiger partial charge is 0.255 e. The number of carbonyl (C=O) groups is 2. The monoisotopic (exact) mass is 464 g/mol. The van der Waals surface area contributed by atoms with E-state index in [1.807, 2.05) is 74.2 Å². The number of anilines is 1. The van der Waals surface area contributed by atoms with Crippen LogP contribution in [0.2, 0.25) is 5.02 Å². The molecule has 4 nitrogen and oxygen atoms in total. The molecule has 4 rings (SSSR count). The number of hydrogen-bond acceptors (Lipinski definition) is 3. The van der Waals surface area contributed by atoms with Gasteiger partial charge < -0.3 is 10.2 Å². The second-order valence-corrected chi connectivity index (χ2v) is 9.67. The van der Waals surface area contributed by atoms with Gasteiger partial charge in [-0.05, 0) is 67.3 Å². The zero-order chi connectivity index (χ0) is 22.8. The molecule has 1 N–H and O–H groups in total. The normalized spacial score (nSPS) is 15.8. The molecule has 0 aliphatic carbocycles. The summed E-state index contributed by atoms with van der Waals surface area (Å²) in [4.78, 5) is 27.2. The lowest BCUT2D eigenvalue weighted by Gasteiger charge is -2.24. The van der Waals surface area contributed by atoms with Crippen molar-refractivity contribution in [2.24, 2.45) is 0 Å². The van der Waals surface area contributed by atoms with E-state index >= 15 is 0 Å². The van der Waals surface area contributed by atoms with Gasteiger partial charge >= 0.3 is 0 Å². The van der Waals surface area contributed by atoms with Crippen LogP contribution in [-0.2, 0) is 11.3 Å². The lowest BCUT2D eigenvalue weighted by atomic mass is 10.0. The van der Waals surface area contributed by atoms with Gasteiger partial charge in [0.2, 0.25) is 5.91 Å². The Morgan fingerprint density at radius 1 is 1.03 bits per heavy atom. The SMILES string of the molecule is Cc1cc(C)c(NC(=O)c2ccc([C@@H]3SCC(=O)N3Cc3ccc(Cl)cc3)cc2)c(C)c1. The molecule has 164 valence electrons. The summed E-state index contributed by atoms with van der Waals surface area (Å²) in [7, 11) is 0. The number of nitrogens with zero attached hydrogens (tertiary/aromatic N) is 1. The van der Waals surface area contributed by atoms with E-state index in [2.05, 4.69) is 17.4 Å². The van der Waals surface area contributed by atoms with Crippen LogP contribution in [0.5, 0.6) is 0 Å². The molecule has 0 unspecified atom stereocenters. The summed E-state index contributed by atoms with van der Waals surface area (Å²) in [6.45, 7) is 6.58. The van der Waals surface area contributed by atoms with Crippen molar-refractivity contribution in [3.63, 3.8) is 0 Å². The zero-order valence-corrected chi connectivity index (χ0v) is 19.9. The van der Waals surface area contributed by atoms with E-state index in [4.69, 9.17) is 11.6 Å². The number of amides is 2. The number of carbonyl (C=O) groups excluding carboxylic acids is 2. The highest BCUT2D eigenvalue weighted by Gasteiger charge is 2.32. The van der Waals surface area contributed by atoms with Gasteiger partial charge in [-0.25, -0.2) is 0 Å². The van der Waals surface area contributed by atoms with Crippen LogP contribution in [0.25, 0.3) is 0 Å². The Labute approximate surface area is 198 Å². The minimum atomic E-state index is -0.139. The summed E-state index contributed by atoms with van der Waals surface area (Å²) in [6.07, 6.45) is 0. The summed E-state index contributed by atoms with van der Waals surface area (Å²) in [5.41, 5.74) is 6.76. The van der Waals surface area contributed by atoms with Crippen molar-refractivity contribution in [2.45, 2.75) is 32.7 Å². The van der Waals surface area contributed by atoms with Crippen LogP contribution in [0.4, 0.5) is 5.69 Å². The second kappa shape index (κ2) is 9.39. The molecule has 2 amide bonds. The summed E-state index contributed by atoms with van der Waals surface area (Å²) >= 11 is 7.59. The Balaban J connectivity index is 1.49. The number of thioether (sulfide) groups is 1. The zero-order valence-electron chi connectivity index (χ0n) is 18.3. The highest BCUT2D eigenvalue weighted by atomic mass is 35.5. The Hall–Kier alpha value is -2.76. The molecule has 1 heterocycles. The fourth-order valence-corrected chi connectivity index (χ4v) is 5.36. The van der Waals surface area contributed by atoms with Crippen molar-refractivity contribution >= 4 is 40.9 Å². The van der Waals surface area contributed by atoms with Crippen molar-refractivity contribution in [2.75, 3.05) is 11.1 Å². The Morgan fingerprint density at radius 2 is 1.66 bits per heavy atom. The molecule has 0 saturated carbocycles. The minimum Gasteiger partial charge on any atom is -0.322 e. The Morgan fingerprint density at radius 3 is 2.28 bits per heavy atom. The number of hydrogen-bond donors (Lipinski definition) is 1. The van der Waals surface area contributed by atoms with Crippen LogP contribution < -0.4 is 5.32 Å². The molecular formula is C26H25ClN2O2S. The first-order valence-corrected chi connectivity index (χ1v) is 11.9. The molecule has 1 aliphatic heterocycles. The van der Waals surface area contributed by atoms with Crippen molar-refractivity contribution in [3.8, 4) is 0 Å². The van der Waals surface area contributed by atoms with Crippen molar-refractivity contribution in [1.82, 2.24) is 4.90 Å². The van der Waals surface area contributed by atoms with E-state index < -0.39 is 0 Å². The maximum atomic E-state index is 12.8. The third-order valence-electron chi connectivity index (χ3n) is 5.61. The lowest BCUT2D eigenvalue weighted by molar-refractivity contribution is -0.128. The van der Waals surface area contributed by atoms with Crippen LogP contribution in [-0.4, -0.2) is 22.5 Å². The van der Waals surface area contributed by atoms with Gasteiger partial charge in [-0.3, -0.25) is 9.59 Å². The first-order chi connectivity index (χ1) is 15.3. The largest absolute Gasteiger partial charge is 0.322 e. The summed E-state index contributed by atoms with van der Waals surface area (Å²) < 4.78 is 0. The van der Waals surface area contributed by atoms with Gasteiger partial charge in [0.05, 0.1) is 5.75 Å². The van der Waals surface area contributed by atoms with E-state index in [9.17, 15) is 9.59 Å². The van der Waals surface area contributed by atoms with Crippen LogP contribution in [0.3, 0.4) is 0 Å². The molecular weight excluding hydrogens is 440 g/mol. The maximum Gasteiger partial charge on any atom is 0.255 e. The van der Waals surface area contributed by atoms with Gasteiger partial charge in [0.25, 0.3) is 5.91 Å². The first kappa shape index (κ1) is 22.4. The van der Waals surface area contributed by atoms with Gasteiger partial charge in [0.1, 0.15) is 5.37 Å². The number of benzene rings is 3. The summed E-state index contributed by atoms with van der Waals surface area (Å²) in [6, 6.07) is 19.2. The molecule has 0 bridgehead atoms. The van der Waals surface area contributed by atoms with Gasteiger partial charge in [-0.1, -0.05) is 53.6 Å². The molecule has 3 aromatic rings. The van der Waals surface area contributed by atoms with Crippen LogP contribution in [0, 0.1) is 20.8 Å². The van der Waals surface area contributed by atoms with E-state index in [-0.39, 0.29) is 17.2 Å². The van der Waals surface area contributed by atoms with Gasteiger partial charge in [0.15, 0.2) is 0 Å². The average Bonchev–Trinajstić information content (AvgIpc) is 3.12. The summed E-state index contributed by atoms with van der Waals surface area (Å²) in [5.74, 6) is 0.425. The highest BCUT2D eigenvalue weighted by molar-refractivity contribution is 8.00. The molecule has 3 aromatic carbocycles.